The SMILES string of the molecule is O=C(c1cc2c(cc1Cl)OCCO2)c1ccc(F)cc1I. The number of rotatable bonds is 2. The summed E-state index contributed by atoms with van der Waals surface area (Å²) in [4.78, 5) is 12.6. The van der Waals surface area contributed by atoms with Crippen LogP contribution in [0.5, 0.6) is 11.5 Å². The van der Waals surface area contributed by atoms with Crippen LogP contribution in [0.1, 0.15) is 15.9 Å². The van der Waals surface area contributed by atoms with Crippen molar-refractivity contribution in [2.24, 2.45) is 0 Å². The molecule has 2 aromatic rings. The molecule has 0 saturated heterocycles. The van der Waals surface area contributed by atoms with Crippen LogP contribution in [0.4, 0.5) is 4.39 Å². The second-order valence-corrected chi connectivity index (χ2v) is 6.00. The monoisotopic (exact) mass is 418 g/mol. The van der Waals surface area contributed by atoms with Crippen molar-refractivity contribution in [3.63, 3.8) is 0 Å². The van der Waals surface area contributed by atoms with Crippen molar-refractivity contribution in [2.45, 2.75) is 0 Å². The number of carbonyl (C=O) groups excluding carboxylic acids is 1. The van der Waals surface area contributed by atoms with Crippen LogP contribution in [-0.4, -0.2) is 19.0 Å². The van der Waals surface area contributed by atoms with Crippen LogP contribution < -0.4 is 9.47 Å². The van der Waals surface area contributed by atoms with Crippen LogP contribution in [0, 0.1) is 9.39 Å². The Kier molecular flexibility index (Phi) is 4.03. The number of ether oxygens (including phenoxy) is 2. The van der Waals surface area contributed by atoms with Gasteiger partial charge in [0, 0.05) is 20.8 Å². The molecule has 0 bridgehead atoms. The van der Waals surface area contributed by atoms with Gasteiger partial charge in [-0.25, -0.2) is 4.39 Å². The molecule has 0 atom stereocenters. The normalized spacial score (nSPS) is 13.1. The topological polar surface area (TPSA) is 35.5 Å². The number of hydrogen-bond donors (Lipinski definition) is 0. The molecular weight excluding hydrogens is 410 g/mol. The van der Waals surface area contributed by atoms with E-state index in [4.69, 9.17) is 21.1 Å². The third-order valence-corrected chi connectivity index (χ3v) is 4.26. The second kappa shape index (κ2) is 5.81. The summed E-state index contributed by atoms with van der Waals surface area (Å²) in [7, 11) is 0. The van der Waals surface area contributed by atoms with Gasteiger partial charge < -0.3 is 9.47 Å². The first kappa shape index (κ1) is 14.6. The van der Waals surface area contributed by atoms with Gasteiger partial charge in [-0.1, -0.05) is 11.6 Å². The van der Waals surface area contributed by atoms with E-state index in [9.17, 15) is 9.18 Å². The van der Waals surface area contributed by atoms with Crippen LogP contribution >= 0.6 is 34.2 Å². The number of fused-ring (bicyclic) bond motifs is 1. The molecule has 0 spiro atoms. The molecule has 3 nitrogen and oxygen atoms in total. The highest BCUT2D eigenvalue weighted by atomic mass is 127. The molecule has 0 aliphatic carbocycles. The maximum Gasteiger partial charge on any atom is 0.195 e. The van der Waals surface area contributed by atoms with Crippen molar-refractivity contribution in [3.05, 3.63) is 55.9 Å². The molecule has 0 saturated carbocycles. The molecule has 0 N–H and O–H groups in total. The Balaban J connectivity index is 2.05. The molecule has 2 aromatic carbocycles. The van der Waals surface area contributed by atoms with Gasteiger partial charge in [0.15, 0.2) is 17.3 Å². The maximum absolute atomic E-state index is 13.1. The first-order valence-electron chi connectivity index (χ1n) is 6.15. The predicted molar refractivity (Wildman–Crippen MR) is 85.0 cm³/mol. The smallest absolute Gasteiger partial charge is 0.195 e. The molecule has 6 heteroatoms. The Morgan fingerprint density at radius 3 is 2.43 bits per heavy atom. The number of benzene rings is 2. The van der Waals surface area contributed by atoms with Crippen molar-refractivity contribution in [3.8, 4) is 11.5 Å². The quantitative estimate of drug-likeness (QED) is 0.544. The lowest BCUT2D eigenvalue weighted by Crippen LogP contribution is -2.16. The Morgan fingerprint density at radius 1 is 1.10 bits per heavy atom. The van der Waals surface area contributed by atoms with E-state index in [1.54, 1.807) is 12.1 Å². The summed E-state index contributed by atoms with van der Waals surface area (Å²) in [6.07, 6.45) is 0. The van der Waals surface area contributed by atoms with Gasteiger partial charge in [0.2, 0.25) is 0 Å². The van der Waals surface area contributed by atoms with E-state index < -0.39 is 0 Å². The molecule has 1 heterocycles. The Hall–Kier alpha value is -1.34. The fourth-order valence-corrected chi connectivity index (χ4v) is 3.02. The first-order chi connectivity index (χ1) is 10.1. The third-order valence-electron chi connectivity index (χ3n) is 3.05. The largest absolute Gasteiger partial charge is 0.486 e. The van der Waals surface area contributed by atoms with Crippen LogP contribution in [0.25, 0.3) is 0 Å². The summed E-state index contributed by atoms with van der Waals surface area (Å²) in [6, 6.07) is 7.14. The summed E-state index contributed by atoms with van der Waals surface area (Å²) in [6.45, 7) is 0.878. The summed E-state index contributed by atoms with van der Waals surface area (Å²) in [5.74, 6) is 0.355. The summed E-state index contributed by atoms with van der Waals surface area (Å²) in [5.41, 5.74) is 0.709. The average Bonchev–Trinajstić information content (AvgIpc) is 2.46. The molecule has 0 fully saturated rings. The molecule has 108 valence electrons. The Morgan fingerprint density at radius 2 is 1.76 bits per heavy atom. The highest BCUT2D eigenvalue weighted by Crippen LogP contribution is 2.36. The minimum Gasteiger partial charge on any atom is -0.486 e. The molecule has 21 heavy (non-hydrogen) atoms. The van der Waals surface area contributed by atoms with Gasteiger partial charge in [0.1, 0.15) is 19.0 Å². The summed E-state index contributed by atoms with van der Waals surface area (Å²) in [5, 5.41) is 0.282. The van der Waals surface area contributed by atoms with Gasteiger partial charge in [-0.3, -0.25) is 4.79 Å². The van der Waals surface area contributed by atoms with Crippen molar-refractivity contribution >= 4 is 40.0 Å². The van der Waals surface area contributed by atoms with E-state index >= 15 is 0 Å². The molecule has 3 rings (SSSR count). The van der Waals surface area contributed by atoms with Gasteiger partial charge >= 0.3 is 0 Å². The van der Waals surface area contributed by atoms with Crippen LogP contribution in [0.3, 0.4) is 0 Å². The Labute approximate surface area is 139 Å². The summed E-state index contributed by atoms with van der Waals surface area (Å²) < 4.78 is 24.5. The molecular formula is C15H9ClFIO3. The van der Waals surface area contributed by atoms with Crippen LogP contribution in [-0.2, 0) is 0 Å². The van der Waals surface area contributed by atoms with Crippen LogP contribution in [0.2, 0.25) is 5.02 Å². The zero-order valence-electron chi connectivity index (χ0n) is 10.7. The minimum absolute atomic E-state index is 0.277. The maximum atomic E-state index is 13.1. The number of carbonyl (C=O) groups is 1. The molecule has 0 amide bonds. The number of hydrogen-bond acceptors (Lipinski definition) is 3. The van der Waals surface area contributed by atoms with Gasteiger partial charge in [-0.05, 0) is 46.9 Å². The van der Waals surface area contributed by atoms with E-state index in [-0.39, 0.29) is 16.6 Å². The van der Waals surface area contributed by atoms with Crippen molar-refractivity contribution in [2.75, 3.05) is 13.2 Å². The zero-order chi connectivity index (χ0) is 15.0. The van der Waals surface area contributed by atoms with Crippen LogP contribution in [0.15, 0.2) is 30.3 Å². The highest BCUT2D eigenvalue weighted by molar-refractivity contribution is 14.1. The van der Waals surface area contributed by atoms with E-state index in [2.05, 4.69) is 0 Å². The van der Waals surface area contributed by atoms with Gasteiger partial charge in [-0.15, -0.1) is 0 Å². The van der Waals surface area contributed by atoms with E-state index in [0.29, 0.717) is 39.4 Å². The van der Waals surface area contributed by atoms with Gasteiger partial charge in [0.25, 0.3) is 0 Å². The minimum atomic E-state index is -0.385. The van der Waals surface area contributed by atoms with Gasteiger partial charge in [0.05, 0.1) is 5.02 Å². The second-order valence-electron chi connectivity index (χ2n) is 4.43. The molecule has 1 aliphatic rings. The van der Waals surface area contributed by atoms with E-state index in [0.717, 1.165) is 0 Å². The van der Waals surface area contributed by atoms with Crippen molar-refractivity contribution < 1.29 is 18.7 Å². The summed E-state index contributed by atoms with van der Waals surface area (Å²) >= 11 is 8.08. The van der Waals surface area contributed by atoms with E-state index in [1.807, 2.05) is 22.6 Å². The zero-order valence-corrected chi connectivity index (χ0v) is 13.6. The molecule has 0 unspecified atom stereocenters. The van der Waals surface area contributed by atoms with Crippen molar-refractivity contribution in [1.29, 1.82) is 0 Å². The van der Waals surface area contributed by atoms with Gasteiger partial charge in [-0.2, -0.15) is 0 Å². The number of halogens is 3. The third kappa shape index (κ3) is 2.85. The highest BCUT2D eigenvalue weighted by Gasteiger charge is 2.21. The fourth-order valence-electron chi connectivity index (χ4n) is 2.06. The lowest BCUT2D eigenvalue weighted by Gasteiger charge is -2.19. The molecule has 0 radical (unpaired) electrons. The molecule has 1 aliphatic heterocycles. The Bertz CT molecular complexity index is 733. The molecule has 0 aromatic heterocycles. The number of ketones is 1. The van der Waals surface area contributed by atoms with Crippen molar-refractivity contribution in [1.82, 2.24) is 0 Å². The predicted octanol–water partition coefficient (Wildman–Crippen LogP) is 4.09. The average molecular weight is 419 g/mol. The van der Waals surface area contributed by atoms with E-state index in [1.165, 1.54) is 18.2 Å². The fraction of sp³-hybridized carbons (Fsp3) is 0.133. The lowest BCUT2D eigenvalue weighted by molar-refractivity contribution is 0.103. The standard InChI is InChI=1S/C15H9ClFIO3/c16-11-7-14-13(20-3-4-21-14)6-10(11)15(19)9-2-1-8(17)5-12(9)18/h1-2,5-7H,3-4H2. The first-order valence-corrected chi connectivity index (χ1v) is 7.61. The lowest BCUT2D eigenvalue weighted by atomic mass is 10.0.